The zero-order chi connectivity index (χ0) is 22.6. The molecule has 4 nitrogen and oxygen atoms in total. The Kier molecular flexibility index (Phi) is 16.2. The summed E-state index contributed by atoms with van der Waals surface area (Å²) in [4.78, 5) is 23.0. The summed E-state index contributed by atoms with van der Waals surface area (Å²) >= 11 is 0.149. The van der Waals surface area contributed by atoms with Crippen molar-refractivity contribution >= 4 is 33.1 Å². The van der Waals surface area contributed by atoms with Crippen molar-refractivity contribution in [1.82, 2.24) is 0 Å². The van der Waals surface area contributed by atoms with E-state index < -0.39 is 11.9 Å². The third-order valence-corrected chi connectivity index (χ3v) is 8.25. The summed E-state index contributed by atoms with van der Waals surface area (Å²) in [5.41, 5.74) is 1.77. The van der Waals surface area contributed by atoms with Crippen LogP contribution < -0.4 is 0 Å². The second-order valence-electron chi connectivity index (χ2n) is 6.98. The minimum Gasteiger partial charge on any atom is -0.458 e. The van der Waals surface area contributed by atoms with Gasteiger partial charge in [-0.05, 0) is 11.1 Å². The smallest absolute Gasteiger partial charge is 0.331 e. The van der Waals surface area contributed by atoms with Crippen LogP contribution in [0.2, 0.25) is 8.87 Å². The van der Waals surface area contributed by atoms with Crippen LogP contribution in [0.25, 0.3) is 0 Å². The van der Waals surface area contributed by atoms with Gasteiger partial charge in [-0.1, -0.05) is 60.7 Å². The fourth-order valence-corrected chi connectivity index (χ4v) is 6.58. The molecule has 0 atom stereocenters. The normalized spacial score (nSPS) is 10.3. The van der Waals surface area contributed by atoms with Gasteiger partial charge in [-0.25, -0.2) is 9.59 Å². The number of rotatable bonds is 12. The molecule has 0 spiro atoms. The molecular formula is C26H34O4Sn. The first-order valence-corrected chi connectivity index (χ1v) is 15.0. The monoisotopic (exact) mass is 530 g/mol. The van der Waals surface area contributed by atoms with Crippen LogP contribution >= 0.6 is 0 Å². The summed E-state index contributed by atoms with van der Waals surface area (Å²) in [6.07, 6.45) is 7.97. The molecule has 0 bridgehead atoms. The van der Waals surface area contributed by atoms with Crippen molar-refractivity contribution in [3.05, 3.63) is 83.9 Å². The maximum absolute atomic E-state index is 11.5. The van der Waals surface area contributed by atoms with Crippen LogP contribution in [0.5, 0.6) is 0 Å². The van der Waals surface area contributed by atoms with Gasteiger partial charge in [0.05, 0.1) is 0 Å². The predicted octanol–water partition coefficient (Wildman–Crippen LogP) is 6.16. The van der Waals surface area contributed by atoms with Crippen molar-refractivity contribution in [3.63, 3.8) is 0 Å². The number of esters is 2. The number of hydrogen-bond donors (Lipinski definition) is 0. The van der Waals surface area contributed by atoms with E-state index >= 15 is 0 Å². The van der Waals surface area contributed by atoms with Gasteiger partial charge in [-0.3, -0.25) is 0 Å². The summed E-state index contributed by atoms with van der Waals surface area (Å²) in [5.74, 6) is -1.17. The quantitative estimate of drug-likeness (QED) is 0.143. The molecule has 0 aliphatic rings. The SMILES string of the molecule is CCC[CH2][Sn][CH2]CCC.O=C(/C=C\C(=O)OCc1ccccc1)OCc1ccccc1. The fourth-order valence-electron chi connectivity index (χ4n) is 2.42. The summed E-state index contributed by atoms with van der Waals surface area (Å²) in [5, 5.41) is 0. The van der Waals surface area contributed by atoms with Gasteiger partial charge in [0.15, 0.2) is 0 Å². The number of carbonyl (C=O) groups excluding carboxylic acids is 2. The van der Waals surface area contributed by atoms with E-state index in [4.69, 9.17) is 9.47 Å². The Hall–Kier alpha value is -2.08. The molecule has 2 rings (SSSR count). The fraction of sp³-hybridized carbons (Fsp3) is 0.385. The van der Waals surface area contributed by atoms with E-state index in [0.29, 0.717) is 0 Å². The van der Waals surface area contributed by atoms with Gasteiger partial charge in [0.2, 0.25) is 0 Å². The van der Waals surface area contributed by atoms with Crippen LogP contribution in [0.3, 0.4) is 0 Å². The van der Waals surface area contributed by atoms with E-state index in [0.717, 1.165) is 23.3 Å². The Morgan fingerprint density at radius 2 is 1.10 bits per heavy atom. The third kappa shape index (κ3) is 15.4. The molecule has 0 heterocycles. The molecular weight excluding hydrogens is 495 g/mol. The molecule has 0 N–H and O–H groups in total. The number of benzene rings is 2. The van der Waals surface area contributed by atoms with Gasteiger partial charge in [0.25, 0.3) is 0 Å². The molecule has 0 aliphatic carbocycles. The minimum absolute atomic E-state index is 0.149. The topological polar surface area (TPSA) is 52.6 Å². The van der Waals surface area contributed by atoms with Gasteiger partial charge in [-0.15, -0.1) is 0 Å². The Bertz CT molecular complexity index is 681. The number of carbonyl (C=O) groups is 2. The Balaban J connectivity index is 0.000000452. The maximum atomic E-state index is 11.5. The molecule has 2 aromatic carbocycles. The van der Waals surface area contributed by atoms with Crippen LogP contribution in [-0.2, 0) is 32.3 Å². The van der Waals surface area contributed by atoms with E-state index in [-0.39, 0.29) is 34.4 Å². The molecule has 2 radical (unpaired) electrons. The van der Waals surface area contributed by atoms with E-state index in [1.807, 2.05) is 60.7 Å². The van der Waals surface area contributed by atoms with Gasteiger partial charge in [0.1, 0.15) is 13.2 Å². The molecule has 0 aromatic heterocycles. The van der Waals surface area contributed by atoms with Crippen LogP contribution in [0.4, 0.5) is 0 Å². The molecule has 2 aromatic rings. The average Bonchev–Trinajstić information content (AvgIpc) is 2.82. The molecule has 0 unspecified atom stereocenters. The van der Waals surface area contributed by atoms with Crippen LogP contribution in [0.15, 0.2) is 72.8 Å². The molecule has 0 fully saturated rings. The van der Waals surface area contributed by atoms with Gasteiger partial charge < -0.3 is 9.47 Å². The zero-order valence-electron chi connectivity index (χ0n) is 18.7. The van der Waals surface area contributed by atoms with Crippen molar-refractivity contribution in [3.8, 4) is 0 Å². The van der Waals surface area contributed by atoms with Crippen molar-refractivity contribution in [2.45, 2.75) is 61.6 Å². The molecule has 31 heavy (non-hydrogen) atoms. The average molecular weight is 529 g/mol. The molecule has 0 amide bonds. The minimum atomic E-state index is -0.583. The van der Waals surface area contributed by atoms with E-state index in [2.05, 4.69) is 13.8 Å². The van der Waals surface area contributed by atoms with Crippen LogP contribution in [0.1, 0.15) is 50.7 Å². The molecule has 0 saturated carbocycles. The second-order valence-corrected chi connectivity index (χ2v) is 11.3. The maximum Gasteiger partial charge on any atom is 0.331 e. The Morgan fingerprint density at radius 1 is 0.710 bits per heavy atom. The van der Waals surface area contributed by atoms with E-state index in [9.17, 15) is 9.59 Å². The van der Waals surface area contributed by atoms with Gasteiger partial charge >= 0.3 is 81.5 Å². The predicted molar refractivity (Wildman–Crippen MR) is 127 cm³/mol. The molecule has 0 aliphatic heterocycles. The zero-order valence-corrected chi connectivity index (χ0v) is 21.6. The largest absolute Gasteiger partial charge is 0.458 e. The van der Waals surface area contributed by atoms with Crippen molar-refractivity contribution in [2.24, 2.45) is 0 Å². The molecule has 5 heteroatoms. The number of unbranched alkanes of at least 4 members (excludes halogenated alkanes) is 2. The molecule has 166 valence electrons. The Labute approximate surface area is 197 Å². The third-order valence-electron chi connectivity index (χ3n) is 4.22. The van der Waals surface area contributed by atoms with Gasteiger partial charge in [0, 0.05) is 12.2 Å². The summed E-state index contributed by atoms with van der Waals surface area (Å²) < 4.78 is 13.3. The summed E-state index contributed by atoms with van der Waals surface area (Å²) in [7, 11) is 0. The standard InChI is InChI=1S/C18H16O4.2C4H9.Sn/c19-17(21-13-15-7-3-1-4-8-15)11-12-18(20)22-14-16-9-5-2-6-10-16;2*1-3-4-2;/h1-12H,13-14H2;2*1,3-4H2,2H3;/b12-11-;;;. The van der Waals surface area contributed by atoms with Crippen molar-refractivity contribution in [2.75, 3.05) is 0 Å². The second kappa shape index (κ2) is 18.7. The van der Waals surface area contributed by atoms with E-state index in [1.165, 1.54) is 25.7 Å². The summed E-state index contributed by atoms with van der Waals surface area (Å²) in [6.45, 7) is 4.92. The van der Waals surface area contributed by atoms with Gasteiger partial charge in [-0.2, -0.15) is 0 Å². The summed E-state index contributed by atoms with van der Waals surface area (Å²) in [6, 6.07) is 18.6. The number of ether oxygens (including phenoxy) is 2. The molecule has 0 saturated heterocycles. The first kappa shape index (κ1) is 27.0. The van der Waals surface area contributed by atoms with Crippen LogP contribution in [0, 0.1) is 0 Å². The van der Waals surface area contributed by atoms with E-state index in [1.54, 1.807) is 8.87 Å². The Morgan fingerprint density at radius 3 is 1.45 bits per heavy atom. The number of hydrogen-bond acceptors (Lipinski definition) is 4. The first-order valence-electron chi connectivity index (χ1n) is 11.0. The first-order chi connectivity index (χ1) is 15.2. The van der Waals surface area contributed by atoms with Crippen molar-refractivity contribution in [1.29, 1.82) is 0 Å². The van der Waals surface area contributed by atoms with Crippen LogP contribution in [-0.4, -0.2) is 33.1 Å². The van der Waals surface area contributed by atoms with Crippen molar-refractivity contribution < 1.29 is 19.1 Å².